The molecule has 0 spiro atoms. The minimum absolute atomic E-state index is 0.0576. The highest BCUT2D eigenvalue weighted by Crippen LogP contribution is 2.27. The van der Waals surface area contributed by atoms with Crippen molar-refractivity contribution in [2.24, 2.45) is 16.8 Å². The van der Waals surface area contributed by atoms with Crippen LogP contribution in [-0.2, 0) is 14.8 Å². The van der Waals surface area contributed by atoms with Gasteiger partial charge in [-0.2, -0.15) is 0 Å². The van der Waals surface area contributed by atoms with Crippen molar-refractivity contribution in [3.63, 3.8) is 0 Å². The summed E-state index contributed by atoms with van der Waals surface area (Å²) in [6, 6.07) is -0.623. The van der Waals surface area contributed by atoms with Crippen LogP contribution in [0.15, 0.2) is 5.16 Å². The highest BCUT2D eigenvalue weighted by Gasteiger charge is 2.32. The Kier molecular flexibility index (Phi) is 5.83. The van der Waals surface area contributed by atoms with E-state index in [4.69, 9.17) is 15.7 Å². The minimum Gasteiger partial charge on any atom is -0.409 e. The van der Waals surface area contributed by atoms with Crippen LogP contribution < -0.4 is 10.5 Å². The second-order valence-electron chi connectivity index (χ2n) is 5.93. The highest BCUT2D eigenvalue weighted by molar-refractivity contribution is 7.89. The molecule has 8 heteroatoms. The molecular weight excluding hydrogens is 294 g/mol. The van der Waals surface area contributed by atoms with Crippen LogP contribution in [0.5, 0.6) is 0 Å². The molecule has 2 aliphatic rings. The highest BCUT2D eigenvalue weighted by atomic mass is 32.2. The third-order valence-corrected chi connectivity index (χ3v) is 5.71. The lowest BCUT2D eigenvalue weighted by molar-refractivity contribution is 0.127. The third-order valence-electron chi connectivity index (χ3n) is 4.29. The molecule has 0 bridgehead atoms. The molecule has 1 aliphatic carbocycles. The van der Waals surface area contributed by atoms with Gasteiger partial charge in [-0.3, -0.25) is 0 Å². The Morgan fingerprint density at radius 2 is 2.00 bits per heavy atom. The Balaban J connectivity index is 2.02. The molecule has 1 saturated heterocycles. The molecule has 0 aromatic rings. The minimum atomic E-state index is -3.52. The van der Waals surface area contributed by atoms with Crippen LogP contribution in [0.3, 0.4) is 0 Å². The number of nitrogens with two attached hydrogens (primary N) is 1. The molecule has 4 N–H and O–H groups in total. The van der Waals surface area contributed by atoms with E-state index in [1.54, 1.807) is 0 Å². The van der Waals surface area contributed by atoms with E-state index in [0.29, 0.717) is 6.61 Å². The summed E-state index contributed by atoms with van der Waals surface area (Å²) in [7, 11) is -3.52. The van der Waals surface area contributed by atoms with Gasteiger partial charge in [0.1, 0.15) is 0 Å². The van der Waals surface area contributed by atoms with Crippen molar-refractivity contribution in [2.45, 2.75) is 57.1 Å². The zero-order valence-electron chi connectivity index (χ0n) is 12.2. The SMILES string of the molecule is NC(=NO)C(NS(=O)(=O)CC1CCCO1)C1CCCCC1. The molecular formula is C13H25N3O4S. The summed E-state index contributed by atoms with van der Waals surface area (Å²) >= 11 is 0. The summed E-state index contributed by atoms with van der Waals surface area (Å²) < 4.78 is 32.5. The van der Waals surface area contributed by atoms with Crippen LogP contribution in [-0.4, -0.2) is 44.0 Å². The predicted molar refractivity (Wildman–Crippen MR) is 79.7 cm³/mol. The standard InChI is InChI=1S/C13H25N3O4S/c14-13(15-17)12(10-5-2-1-3-6-10)16-21(18,19)9-11-7-4-8-20-11/h10-12,16-17H,1-9H2,(H2,14,15). The number of sulfonamides is 1. The Morgan fingerprint density at radius 1 is 1.29 bits per heavy atom. The first-order valence-corrected chi connectivity index (χ1v) is 9.26. The quantitative estimate of drug-likeness (QED) is 0.290. The zero-order valence-corrected chi connectivity index (χ0v) is 13.0. The largest absolute Gasteiger partial charge is 0.409 e. The van der Waals surface area contributed by atoms with Gasteiger partial charge < -0.3 is 15.7 Å². The average Bonchev–Trinajstić information content (AvgIpc) is 2.97. The van der Waals surface area contributed by atoms with Gasteiger partial charge in [0.25, 0.3) is 0 Å². The van der Waals surface area contributed by atoms with Gasteiger partial charge in [-0.1, -0.05) is 24.4 Å². The van der Waals surface area contributed by atoms with Crippen LogP contribution in [0.4, 0.5) is 0 Å². The van der Waals surface area contributed by atoms with Crippen molar-refractivity contribution < 1.29 is 18.4 Å². The fourth-order valence-corrected chi connectivity index (χ4v) is 4.74. The number of amidine groups is 1. The summed E-state index contributed by atoms with van der Waals surface area (Å²) in [4.78, 5) is 0. The van der Waals surface area contributed by atoms with Gasteiger partial charge in [0.2, 0.25) is 10.0 Å². The topological polar surface area (TPSA) is 114 Å². The normalized spacial score (nSPS) is 26.9. The first kappa shape index (κ1) is 16.5. The molecule has 1 saturated carbocycles. The van der Waals surface area contributed by atoms with Crippen LogP contribution in [0.1, 0.15) is 44.9 Å². The summed E-state index contributed by atoms with van der Waals surface area (Å²) in [5.41, 5.74) is 5.71. The van der Waals surface area contributed by atoms with Crippen LogP contribution in [0.25, 0.3) is 0 Å². The Labute approximate surface area is 126 Å². The second kappa shape index (κ2) is 7.42. The van der Waals surface area contributed by atoms with E-state index >= 15 is 0 Å². The van der Waals surface area contributed by atoms with E-state index in [1.807, 2.05) is 0 Å². The molecule has 2 atom stereocenters. The van der Waals surface area contributed by atoms with E-state index in [-0.39, 0.29) is 23.6 Å². The maximum Gasteiger partial charge on any atom is 0.214 e. The molecule has 1 aliphatic heterocycles. The first-order valence-electron chi connectivity index (χ1n) is 7.61. The second-order valence-corrected chi connectivity index (χ2v) is 7.73. The number of nitrogens with one attached hydrogen (secondary N) is 1. The van der Waals surface area contributed by atoms with E-state index in [0.717, 1.165) is 44.9 Å². The van der Waals surface area contributed by atoms with Crippen molar-refractivity contribution in [1.29, 1.82) is 0 Å². The van der Waals surface area contributed by atoms with Crippen LogP contribution in [0, 0.1) is 5.92 Å². The molecule has 2 unspecified atom stereocenters. The Bertz CT molecular complexity index is 454. The summed E-state index contributed by atoms with van der Waals surface area (Å²) in [5, 5.41) is 11.9. The van der Waals surface area contributed by atoms with Crippen molar-refractivity contribution >= 4 is 15.9 Å². The van der Waals surface area contributed by atoms with Gasteiger partial charge in [0, 0.05) is 6.61 Å². The smallest absolute Gasteiger partial charge is 0.214 e. The van der Waals surface area contributed by atoms with Gasteiger partial charge >= 0.3 is 0 Å². The Morgan fingerprint density at radius 3 is 2.57 bits per heavy atom. The molecule has 2 fully saturated rings. The van der Waals surface area contributed by atoms with E-state index in [9.17, 15) is 8.42 Å². The number of nitrogens with zero attached hydrogens (tertiary/aromatic N) is 1. The molecule has 122 valence electrons. The van der Waals surface area contributed by atoms with Crippen molar-refractivity contribution in [1.82, 2.24) is 4.72 Å². The van der Waals surface area contributed by atoms with Crippen LogP contribution in [0.2, 0.25) is 0 Å². The number of hydrogen-bond donors (Lipinski definition) is 3. The van der Waals surface area contributed by atoms with Gasteiger partial charge in [-0.25, -0.2) is 13.1 Å². The van der Waals surface area contributed by atoms with E-state index < -0.39 is 16.1 Å². The molecule has 2 rings (SSSR count). The molecule has 7 nitrogen and oxygen atoms in total. The van der Waals surface area contributed by atoms with Gasteiger partial charge in [-0.05, 0) is 31.6 Å². The maximum absolute atomic E-state index is 12.3. The maximum atomic E-state index is 12.3. The molecule has 0 aromatic carbocycles. The number of rotatable bonds is 6. The first-order chi connectivity index (χ1) is 10.0. The van der Waals surface area contributed by atoms with Gasteiger partial charge in [-0.15, -0.1) is 0 Å². The fourth-order valence-electron chi connectivity index (χ4n) is 3.19. The summed E-state index contributed by atoms with van der Waals surface area (Å²) in [5.74, 6) is -0.0266. The molecule has 0 radical (unpaired) electrons. The molecule has 0 amide bonds. The lowest BCUT2D eigenvalue weighted by Crippen LogP contribution is -2.51. The third kappa shape index (κ3) is 4.82. The van der Waals surface area contributed by atoms with E-state index in [1.165, 1.54) is 0 Å². The monoisotopic (exact) mass is 319 g/mol. The molecule has 1 heterocycles. The average molecular weight is 319 g/mol. The summed E-state index contributed by atoms with van der Waals surface area (Å²) in [6.45, 7) is 0.618. The number of oxime groups is 1. The van der Waals surface area contributed by atoms with Crippen LogP contribution >= 0.6 is 0 Å². The van der Waals surface area contributed by atoms with Gasteiger partial charge in [0.05, 0.1) is 17.9 Å². The lowest BCUT2D eigenvalue weighted by Gasteiger charge is -2.30. The van der Waals surface area contributed by atoms with Crippen molar-refractivity contribution in [2.75, 3.05) is 12.4 Å². The summed E-state index contributed by atoms with van der Waals surface area (Å²) in [6.07, 6.45) is 6.45. The molecule has 21 heavy (non-hydrogen) atoms. The van der Waals surface area contributed by atoms with Crippen molar-refractivity contribution in [3.8, 4) is 0 Å². The number of hydrogen-bond acceptors (Lipinski definition) is 5. The fraction of sp³-hybridized carbons (Fsp3) is 0.923. The Hall–Kier alpha value is -0.860. The zero-order chi connectivity index (χ0) is 15.3. The van der Waals surface area contributed by atoms with Gasteiger partial charge in [0.15, 0.2) is 5.84 Å². The van der Waals surface area contributed by atoms with Crippen molar-refractivity contribution in [3.05, 3.63) is 0 Å². The van der Waals surface area contributed by atoms with E-state index in [2.05, 4.69) is 9.88 Å². The predicted octanol–water partition coefficient (Wildman–Crippen LogP) is 0.780. The lowest BCUT2D eigenvalue weighted by atomic mass is 9.84. The molecule has 0 aromatic heterocycles. The number of ether oxygens (including phenoxy) is 1.